The van der Waals surface area contributed by atoms with E-state index in [4.69, 9.17) is 46.9 Å². The first-order valence-electron chi connectivity index (χ1n) is 46.2. The van der Waals surface area contributed by atoms with Gasteiger partial charge in [-0.15, -0.1) is 0 Å². The van der Waals surface area contributed by atoms with Gasteiger partial charge in [0.15, 0.2) is 24.8 Å². The van der Waals surface area contributed by atoms with E-state index in [1.807, 2.05) is 0 Å². The van der Waals surface area contributed by atoms with Crippen LogP contribution in [0.3, 0.4) is 0 Å². The van der Waals surface area contributed by atoms with E-state index < -0.39 is 162 Å². The molecule has 672 valence electrons. The summed E-state index contributed by atoms with van der Waals surface area (Å²) in [5, 5.41) is 102. The van der Waals surface area contributed by atoms with E-state index in [1.165, 1.54) is 180 Å². The van der Waals surface area contributed by atoms with Crippen molar-refractivity contribution in [1.29, 1.82) is 0 Å². The summed E-state index contributed by atoms with van der Waals surface area (Å²) >= 11 is 0. The molecule has 2 heterocycles. The first-order valence-corrected chi connectivity index (χ1v) is 47.7. The van der Waals surface area contributed by atoms with Crippen LogP contribution < -0.4 is 0 Å². The highest BCUT2D eigenvalue weighted by molar-refractivity contribution is 7.47. The predicted octanol–water partition coefficient (Wildman–Crippen LogP) is 16.5. The number of aliphatic hydroxyl groups excluding tert-OH is 9. The monoisotopic (exact) mass is 1650 g/mol. The average Bonchev–Trinajstić information content (AvgIpc) is 0.755. The zero-order valence-electron chi connectivity index (χ0n) is 71.6. The first-order chi connectivity index (χ1) is 55.1. The van der Waals surface area contributed by atoms with Crippen molar-refractivity contribution >= 4 is 31.7 Å². The minimum absolute atomic E-state index is 0.0172. The molecule has 0 aromatic heterocycles. The molecule has 0 amide bonds. The second-order valence-electron chi connectivity index (χ2n) is 33.5. The topological polar surface area (TPSA) is 380 Å². The molecule has 2 saturated heterocycles. The largest absolute Gasteiger partial charge is 0.472 e. The van der Waals surface area contributed by atoms with Gasteiger partial charge < -0.3 is 88.7 Å². The number of hydrogen-bond acceptors (Lipinski definition) is 24. The van der Waals surface area contributed by atoms with Gasteiger partial charge in [0.1, 0.15) is 92.6 Å². The molecule has 0 spiro atoms. The van der Waals surface area contributed by atoms with Crippen molar-refractivity contribution in [3.8, 4) is 0 Å². The van der Waals surface area contributed by atoms with Crippen LogP contribution in [0.4, 0.5) is 0 Å². The van der Waals surface area contributed by atoms with Crippen LogP contribution in [0.15, 0.2) is 0 Å². The van der Waals surface area contributed by atoms with E-state index in [9.17, 15) is 74.6 Å². The van der Waals surface area contributed by atoms with Gasteiger partial charge in [0.25, 0.3) is 0 Å². The molecule has 0 aromatic rings. The Labute approximate surface area is 687 Å². The second kappa shape index (κ2) is 67.1. The maximum atomic E-state index is 14.9. The smallest absolute Gasteiger partial charge is 0.463 e. The number of aliphatic hydroxyl groups is 9. The van der Waals surface area contributed by atoms with E-state index in [1.54, 1.807) is 0 Å². The summed E-state index contributed by atoms with van der Waals surface area (Å²) in [6.45, 7) is 7.92. The highest BCUT2D eigenvalue weighted by Crippen LogP contribution is 2.49. The zero-order chi connectivity index (χ0) is 83.4. The summed E-state index contributed by atoms with van der Waals surface area (Å²) in [5.41, 5.74) is 0. The van der Waals surface area contributed by atoms with Crippen molar-refractivity contribution in [1.82, 2.24) is 0 Å². The maximum absolute atomic E-state index is 14.9. The van der Waals surface area contributed by atoms with Gasteiger partial charge in [-0.2, -0.15) is 0 Å². The number of unbranched alkanes of at least 4 members (excludes halogenated alkanes) is 46. The summed E-state index contributed by atoms with van der Waals surface area (Å²) in [6, 6.07) is 0. The van der Waals surface area contributed by atoms with Crippen LogP contribution >= 0.6 is 7.82 Å². The number of rotatable bonds is 74. The van der Waals surface area contributed by atoms with Crippen LogP contribution in [0.1, 0.15) is 401 Å². The fraction of sp³-hybridized carbons (Fsp3) is 0.955. The Hall–Kier alpha value is -2.53. The Bertz CT molecular complexity index is 2400. The van der Waals surface area contributed by atoms with E-state index in [0.29, 0.717) is 38.0 Å². The molecule has 2 aliphatic heterocycles. The van der Waals surface area contributed by atoms with Crippen LogP contribution in [0.25, 0.3) is 0 Å². The van der Waals surface area contributed by atoms with E-state index in [2.05, 4.69) is 34.6 Å². The Morgan fingerprint density at radius 2 is 0.658 bits per heavy atom. The normalized spacial score (nSPS) is 25.6. The van der Waals surface area contributed by atoms with Crippen molar-refractivity contribution in [2.75, 3.05) is 26.4 Å². The SMILES string of the molecule is CCCCCCCCCCCCCCCC(=O)OCC(COP(=O)(O)OC1C(OC2OC(CO)C(O)C(O)C2O)C(O)C(O)C(OC(=O)CCCCCCCCCCCCCCC)C1OC1OC(COC(=O)CCCCCCCCC(C)CCCCCCCC)C(O)C(O)C1O)OC(=O)CCCCCCCCCCCCCCC. The van der Waals surface area contributed by atoms with Crippen molar-refractivity contribution in [2.24, 2.45) is 5.92 Å². The second-order valence-corrected chi connectivity index (χ2v) is 34.9. The number of phosphoric ester groups is 1. The molecule has 1 saturated carbocycles. The van der Waals surface area contributed by atoms with Gasteiger partial charge in [-0.3, -0.25) is 28.2 Å². The van der Waals surface area contributed by atoms with Gasteiger partial charge in [0.05, 0.1) is 13.2 Å². The maximum Gasteiger partial charge on any atom is 0.472 e. The lowest BCUT2D eigenvalue weighted by Gasteiger charge is -2.50. The van der Waals surface area contributed by atoms with Gasteiger partial charge in [-0.25, -0.2) is 4.57 Å². The minimum atomic E-state index is -5.80. The Morgan fingerprint density at radius 3 is 1.04 bits per heavy atom. The molecule has 1 aliphatic carbocycles. The minimum Gasteiger partial charge on any atom is -0.463 e. The fourth-order valence-corrected chi connectivity index (χ4v) is 16.5. The molecule has 3 aliphatic rings. The molecule has 19 unspecified atom stereocenters. The zero-order valence-corrected chi connectivity index (χ0v) is 72.5. The lowest BCUT2D eigenvalue weighted by molar-refractivity contribution is -0.360. The number of carbonyl (C=O) groups is 4. The van der Waals surface area contributed by atoms with Crippen LogP contribution in [-0.4, -0.2) is 205 Å². The third-order valence-corrected chi connectivity index (χ3v) is 24.0. The molecule has 19 atom stereocenters. The number of hydrogen-bond donors (Lipinski definition) is 10. The quantitative estimate of drug-likeness (QED) is 0.0117. The van der Waals surface area contributed by atoms with Crippen molar-refractivity contribution in [3.05, 3.63) is 0 Å². The summed E-state index contributed by atoms with van der Waals surface area (Å²) in [5.74, 6) is -2.26. The molecule has 26 heteroatoms. The van der Waals surface area contributed by atoms with Gasteiger partial charge in [0.2, 0.25) is 0 Å². The molecule has 0 bridgehead atoms. The molecule has 0 radical (unpaired) electrons. The van der Waals surface area contributed by atoms with Crippen molar-refractivity contribution in [3.63, 3.8) is 0 Å². The first kappa shape index (κ1) is 106. The number of ether oxygens (including phenoxy) is 8. The van der Waals surface area contributed by atoms with Gasteiger partial charge >= 0.3 is 31.7 Å². The molecule has 0 aromatic carbocycles. The number of phosphoric acid groups is 1. The lowest BCUT2D eigenvalue weighted by atomic mass is 9.84. The van der Waals surface area contributed by atoms with E-state index in [-0.39, 0.29) is 25.7 Å². The predicted molar refractivity (Wildman–Crippen MR) is 440 cm³/mol. The summed E-state index contributed by atoms with van der Waals surface area (Å²) in [6.07, 6.45) is 21.2. The fourth-order valence-electron chi connectivity index (χ4n) is 15.6. The van der Waals surface area contributed by atoms with E-state index >= 15 is 0 Å². The molecular formula is C88H165O25P. The third kappa shape index (κ3) is 47.6. The third-order valence-electron chi connectivity index (χ3n) is 23.0. The molecule has 10 N–H and O–H groups in total. The van der Waals surface area contributed by atoms with Crippen LogP contribution in [0.5, 0.6) is 0 Å². The van der Waals surface area contributed by atoms with Crippen LogP contribution in [0, 0.1) is 5.92 Å². The molecule has 114 heavy (non-hydrogen) atoms. The highest BCUT2D eigenvalue weighted by atomic mass is 31.2. The van der Waals surface area contributed by atoms with Crippen LogP contribution in [0.2, 0.25) is 0 Å². The highest BCUT2D eigenvalue weighted by Gasteiger charge is 2.60. The van der Waals surface area contributed by atoms with Gasteiger partial charge in [-0.1, -0.05) is 349 Å². The molecule has 3 rings (SSSR count). The standard InChI is InChI=1S/C88H165O25P/c1-6-10-14-18-22-25-28-31-34-37-40-47-53-59-71(90)104-64-68(107-73(92)61-55-49-41-38-35-32-29-26-23-19-15-11-7-2)65-106-114(102,103)113-86-84(111-87-81(100)77(96)75(94)69(63-89)108-87)80(99)79(98)83(110-74(93)62-56-50-42-39-36-33-30-27-24-20-16-12-8-3)85(86)112-88-82(101)78(97)76(95)70(109-88)66-105-72(91)60-54-48-44-43-46-52-58-67(5)57-51-45-21-17-13-9-4/h67-70,75-89,94-101H,6-66H2,1-5H3,(H,102,103). The molecule has 3 fully saturated rings. The summed E-state index contributed by atoms with van der Waals surface area (Å²) < 4.78 is 73.4. The van der Waals surface area contributed by atoms with Crippen molar-refractivity contribution < 1.29 is 122 Å². The van der Waals surface area contributed by atoms with E-state index in [0.717, 1.165) is 128 Å². The van der Waals surface area contributed by atoms with Crippen molar-refractivity contribution in [2.45, 2.75) is 505 Å². The molecule has 25 nitrogen and oxygen atoms in total. The average molecular weight is 1650 g/mol. The Morgan fingerprint density at radius 1 is 0.342 bits per heavy atom. The Kier molecular flexibility index (Phi) is 62.2. The van der Waals surface area contributed by atoms with Crippen LogP contribution in [-0.2, 0) is 70.7 Å². The summed E-state index contributed by atoms with van der Waals surface area (Å²) in [4.78, 5) is 66.4. The van der Waals surface area contributed by atoms with Gasteiger partial charge in [-0.05, 0) is 31.6 Å². The summed E-state index contributed by atoms with van der Waals surface area (Å²) in [7, 11) is -5.80. The lowest BCUT2D eigenvalue weighted by Crippen LogP contribution is -2.70. The Balaban J connectivity index is 1.92. The number of esters is 4. The van der Waals surface area contributed by atoms with Gasteiger partial charge in [0, 0.05) is 25.7 Å². The number of carbonyl (C=O) groups excluding carboxylic acids is 4. The molecular weight excluding hydrogens is 1490 g/mol.